The maximum atomic E-state index is 10.8. The van der Waals surface area contributed by atoms with Crippen molar-refractivity contribution >= 4 is 18.0 Å². The molecule has 10 heavy (non-hydrogen) atoms. The molecule has 0 aliphatic heterocycles. The quantitative estimate of drug-likeness (QED) is 0.625. The topological polar surface area (TPSA) is 52.3 Å². The van der Waals surface area contributed by atoms with Crippen molar-refractivity contribution in [1.82, 2.24) is 0 Å². The monoisotopic (exact) mass is 163 g/mol. The summed E-state index contributed by atoms with van der Waals surface area (Å²) in [7, 11) is 0. The lowest BCUT2D eigenvalue weighted by atomic mass is 10.1. The molecule has 0 aromatic rings. The molecule has 0 saturated carbocycles. The number of hydrogen-bond donors (Lipinski definition) is 1. The Morgan fingerprint density at radius 3 is 2.40 bits per heavy atom. The zero-order valence-electron chi connectivity index (χ0n) is 6.46. The predicted molar refractivity (Wildman–Crippen MR) is 42.4 cm³/mol. The highest BCUT2D eigenvalue weighted by Crippen LogP contribution is 2.04. The van der Waals surface area contributed by atoms with Crippen LogP contribution in [0.2, 0.25) is 0 Å². The molecular formula is C6H13NO2S. The molecule has 0 rings (SSSR count). The van der Waals surface area contributed by atoms with Gasteiger partial charge in [0.15, 0.2) is 0 Å². The first-order valence-electron chi connectivity index (χ1n) is 3.09. The van der Waals surface area contributed by atoms with E-state index in [-0.39, 0.29) is 11.9 Å². The van der Waals surface area contributed by atoms with Crippen molar-refractivity contribution in [3.05, 3.63) is 0 Å². The number of hydrogen-bond acceptors (Lipinski definition) is 4. The van der Waals surface area contributed by atoms with E-state index in [2.05, 4.69) is 4.18 Å². The van der Waals surface area contributed by atoms with Gasteiger partial charge in [0.05, 0.1) is 12.0 Å². The first-order chi connectivity index (χ1) is 4.59. The summed E-state index contributed by atoms with van der Waals surface area (Å²) in [6.07, 6.45) is 1.69. The molecule has 4 heteroatoms. The summed E-state index contributed by atoms with van der Waals surface area (Å²) in [6.45, 7) is 3.76. The molecular weight excluding hydrogens is 150 g/mol. The third kappa shape index (κ3) is 3.08. The van der Waals surface area contributed by atoms with E-state index >= 15 is 0 Å². The maximum absolute atomic E-state index is 10.8. The SMILES string of the molecule is CSOC(=O)[C@@H](N)C(C)C. The number of carbonyl (C=O) groups is 1. The Labute approximate surface area is 65.5 Å². The third-order valence-electron chi connectivity index (χ3n) is 1.16. The molecule has 0 aliphatic carbocycles. The Morgan fingerprint density at radius 1 is 1.60 bits per heavy atom. The second-order valence-electron chi connectivity index (χ2n) is 2.34. The van der Waals surface area contributed by atoms with Crippen molar-refractivity contribution in [3.63, 3.8) is 0 Å². The highest BCUT2D eigenvalue weighted by Gasteiger charge is 2.18. The van der Waals surface area contributed by atoms with Crippen molar-refractivity contribution in [1.29, 1.82) is 0 Å². The minimum atomic E-state index is -0.493. The van der Waals surface area contributed by atoms with Crippen LogP contribution in [0.3, 0.4) is 0 Å². The summed E-state index contributed by atoms with van der Waals surface area (Å²) in [5, 5.41) is 0. The Morgan fingerprint density at radius 2 is 2.10 bits per heavy atom. The summed E-state index contributed by atoms with van der Waals surface area (Å²) < 4.78 is 4.62. The van der Waals surface area contributed by atoms with Crippen LogP contribution in [0.4, 0.5) is 0 Å². The van der Waals surface area contributed by atoms with Gasteiger partial charge >= 0.3 is 5.97 Å². The average Bonchev–Trinajstić information content (AvgIpc) is 1.87. The fourth-order valence-electron chi connectivity index (χ4n) is 0.410. The summed E-state index contributed by atoms with van der Waals surface area (Å²) in [5.41, 5.74) is 5.46. The minimum Gasteiger partial charge on any atom is -0.390 e. The highest BCUT2D eigenvalue weighted by molar-refractivity contribution is 7.94. The van der Waals surface area contributed by atoms with Crippen LogP contribution in [0, 0.1) is 5.92 Å². The fraction of sp³-hybridized carbons (Fsp3) is 0.833. The molecule has 0 bridgehead atoms. The fourth-order valence-corrected chi connectivity index (χ4v) is 0.685. The molecule has 0 fully saturated rings. The summed E-state index contributed by atoms with van der Waals surface area (Å²) in [4.78, 5) is 10.8. The van der Waals surface area contributed by atoms with E-state index in [1.807, 2.05) is 13.8 Å². The zero-order chi connectivity index (χ0) is 8.15. The van der Waals surface area contributed by atoms with Crippen molar-refractivity contribution in [3.8, 4) is 0 Å². The van der Waals surface area contributed by atoms with E-state index in [1.165, 1.54) is 0 Å². The molecule has 0 unspecified atom stereocenters. The van der Waals surface area contributed by atoms with E-state index in [4.69, 9.17) is 5.73 Å². The van der Waals surface area contributed by atoms with Gasteiger partial charge in [-0.25, -0.2) is 4.79 Å². The van der Waals surface area contributed by atoms with Gasteiger partial charge in [0, 0.05) is 6.26 Å². The largest absolute Gasteiger partial charge is 0.390 e. The molecule has 2 N–H and O–H groups in total. The van der Waals surface area contributed by atoms with Gasteiger partial charge in [-0.05, 0) is 5.92 Å². The lowest BCUT2D eigenvalue weighted by Crippen LogP contribution is -2.35. The average molecular weight is 163 g/mol. The van der Waals surface area contributed by atoms with Crippen LogP contribution in [0.15, 0.2) is 0 Å². The van der Waals surface area contributed by atoms with E-state index in [9.17, 15) is 4.79 Å². The molecule has 1 atom stereocenters. The summed E-state index contributed by atoms with van der Waals surface area (Å²) >= 11 is 1.03. The second kappa shape index (κ2) is 4.57. The predicted octanol–water partition coefficient (Wildman–Crippen LogP) is 0.791. The van der Waals surface area contributed by atoms with Crippen LogP contribution in [0.1, 0.15) is 13.8 Å². The zero-order valence-corrected chi connectivity index (χ0v) is 7.27. The molecule has 0 saturated heterocycles. The van der Waals surface area contributed by atoms with Crippen LogP contribution < -0.4 is 5.73 Å². The maximum Gasteiger partial charge on any atom is 0.335 e. The number of nitrogens with two attached hydrogens (primary N) is 1. The van der Waals surface area contributed by atoms with E-state index in [1.54, 1.807) is 6.26 Å². The standard InChI is InChI=1S/C6H13NO2S/c1-4(2)5(7)6(8)9-10-3/h4-5H,7H2,1-3H3/t5-/m0/s1. The molecule has 0 aromatic carbocycles. The van der Waals surface area contributed by atoms with E-state index in [0.717, 1.165) is 12.0 Å². The summed E-state index contributed by atoms with van der Waals surface area (Å²) in [6, 6.07) is -0.493. The van der Waals surface area contributed by atoms with Crippen LogP contribution in [0.5, 0.6) is 0 Å². The van der Waals surface area contributed by atoms with Gasteiger partial charge in [-0.15, -0.1) is 0 Å². The Hall–Kier alpha value is -0.220. The molecule has 3 nitrogen and oxygen atoms in total. The van der Waals surface area contributed by atoms with Gasteiger partial charge in [0.25, 0.3) is 0 Å². The van der Waals surface area contributed by atoms with Gasteiger partial charge in [0.2, 0.25) is 0 Å². The van der Waals surface area contributed by atoms with Crippen molar-refractivity contribution < 1.29 is 8.98 Å². The first-order valence-corrected chi connectivity index (χ1v) is 4.24. The van der Waals surface area contributed by atoms with Gasteiger partial charge in [-0.1, -0.05) is 13.8 Å². The Kier molecular flexibility index (Phi) is 4.47. The smallest absolute Gasteiger partial charge is 0.335 e. The van der Waals surface area contributed by atoms with Gasteiger partial charge < -0.3 is 9.92 Å². The molecule has 0 radical (unpaired) electrons. The Balaban J connectivity index is 3.71. The van der Waals surface area contributed by atoms with Crippen molar-refractivity contribution in [2.75, 3.05) is 6.26 Å². The second-order valence-corrected chi connectivity index (χ2v) is 2.84. The lowest BCUT2D eigenvalue weighted by Gasteiger charge is -2.11. The molecule has 0 aromatic heterocycles. The molecule has 0 amide bonds. The van der Waals surface area contributed by atoms with Crippen molar-refractivity contribution in [2.24, 2.45) is 11.7 Å². The van der Waals surface area contributed by atoms with Crippen LogP contribution in [-0.2, 0) is 8.98 Å². The van der Waals surface area contributed by atoms with Crippen LogP contribution in [-0.4, -0.2) is 18.3 Å². The van der Waals surface area contributed by atoms with Crippen molar-refractivity contribution in [2.45, 2.75) is 19.9 Å². The van der Waals surface area contributed by atoms with E-state index < -0.39 is 6.04 Å². The normalized spacial score (nSPS) is 13.3. The highest BCUT2D eigenvalue weighted by atomic mass is 32.2. The summed E-state index contributed by atoms with van der Waals surface area (Å²) in [5.74, 6) is -0.206. The lowest BCUT2D eigenvalue weighted by molar-refractivity contribution is -0.135. The number of carbonyl (C=O) groups excluding carboxylic acids is 1. The minimum absolute atomic E-state index is 0.139. The number of rotatable bonds is 3. The Bertz CT molecular complexity index is 116. The third-order valence-corrected chi connectivity index (χ3v) is 1.49. The van der Waals surface area contributed by atoms with Crippen LogP contribution >= 0.6 is 12.0 Å². The van der Waals surface area contributed by atoms with Crippen LogP contribution in [0.25, 0.3) is 0 Å². The van der Waals surface area contributed by atoms with Gasteiger partial charge in [0.1, 0.15) is 6.04 Å². The first kappa shape index (κ1) is 9.78. The van der Waals surface area contributed by atoms with E-state index in [0.29, 0.717) is 0 Å². The molecule has 0 heterocycles. The van der Waals surface area contributed by atoms with Gasteiger partial charge in [-0.3, -0.25) is 0 Å². The van der Waals surface area contributed by atoms with Gasteiger partial charge in [-0.2, -0.15) is 0 Å². The molecule has 0 aliphatic rings. The molecule has 0 spiro atoms. The molecule has 60 valence electrons.